The van der Waals surface area contributed by atoms with Crippen LogP contribution in [-0.4, -0.2) is 36.1 Å². The Kier molecular flexibility index (Phi) is 7.40. The molecule has 0 radical (unpaired) electrons. The number of amides is 1. The number of nitrogens with zero attached hydrogens (tertiary/aromatic N) is 3. The Hall–Kier alpha value is -4.92. The molecule has 0 saturated carbocycles. The number of methoxy groups -OCH3 is 2. The van der Waals surface area contributed by atoms with Gasteiger partial charge in [-0.15, -0.1) is 0 Å². The Bertz CT molecular complexity index is 1700. The van der Waals surface area contributed by atoms with Crippen LogP contribution < -0.4 is 30.7 Å². The van der Waals surface area contributed by atoms with Crippen molar-refractivity contribution in [2.45, 2.75) is 19.4 Å². The third kappa shape index (κ3) is 5.38. The quantitative estimate of drug-likeness (QED) is 0.227. The molecule has 198 valence electrons. The van der Waals surface area contributed by atoms with E-state index < -0.39 is 0 Å². The summed E-state index contributed by atoms with van der Waals surface area (Å²) in [5, 5.41) is 3.27. The van der Waals surface area contributed by atoms with Crippen LogP contribution in [0.15, 0.2) is 83.8 Å². The van der Waals surface area contributed by atoms with Gasteiger partial charge in [-0.3, -0.25) is 14.0 Å². The summed E-state index contributed by atoms with van der Waals surface area (Å²) in [6, 6.07) is 22.3. The van der Waals surface area contributed by atoms with Crippen molar-refractivity contribution < 1.29 is 18.8 Å². The summed E-state index contributed by atoms with van der Waals surface area (Å²) in [7, 11) is 3.25. The van der Waals surface area contributed by atoms with Crippen LogP contribution in [0.4, 0.5) is 5.82 Å². The van der Waals surface area contributed by atoms with Crippen molar-refractivity contribution in [3.8, 4) is 11.5 Å². The summed E-state index contributed by atoms with van der Waals surface area (Å²) in [4.78, 5) is 31.5. The number of benzene rings is 2. The summed E-state index contributed by atoms with van der Waals surface area (Å²) in [5.41, 5.74) is 9.62. The Morgan fingerprint density at radius 1 is 0.949 bits per heavy atom. The molecule has 0 aliphatic rings. The molecule has 5 aromatic rings. The maximum absolute atomic E-state index is 13.4. The Morgan fingerprint density at radius 3 is 2.23 bits per heavy atom. The molecule has 3 N–H and O–H groups in total. The van der Waals surface area contributed by atoms with Gasteiger partial charge in [0.25, 0.3) is 17.1 Å². The van der Waals surface area contributed by atoms with Crippen LogP contribution in [0.3, 0.4) is 0 Å². The monoisotopic (exact) mass is 524 g/mol. The zero-order valence-corrected chi connectivity index (χ0v) is 21.9. The molecule has 1 amide bonds. The molecule has 0 bridgehead atoms. The summed E-state index contributed by atoms with van der Waals surface area (Å²) >= 11 is 0. The van der Waals surface area contributed by atoms with E-state index in [4.69, 9.17) is 20.2 Å². The van der Waals surface area contributed by atoms with E-state index in [0.29, 0.717) is 42.6 Å². The molecular formula is C30H30N5O4+. The smallest absolute Gasteiger partial charge is 0.278 e. The average Bonchev–Trinajstić information content (AvgIpc) is 2.97. The lowest BCUT2D eigenvalue weighted by molar-refractivity contribution is -0.658. The Balaban J connectivity index is 1.48. The minimum Gasteiger partial charge on any atom is -0.497 e. The van der Waals surface area contributed by atoms with Crippen molar-refractivity contribution in [2.24, 2.45) is 0 Å². The average molecular weight is 525 g/mol. The fraction of sp³-hybridized carbons (Fsp3) is 0.200. The fourth-order valence-electron chi connectivity index (χ4n) is 4.55. The zero-order valence-electron chi connectivity index (χ0n) is 21.9. The maximum atomic E-state index is 13.4. The molecule has 0 spiro atoms. The number of ether oxygens (including phenoxy) is 2. The third-order valence-electron chi connectivity index (χ3n) is 6.75. The van der Waals surface area contributed by atoms with Crippen molar-refractivity contribution in [1.29, 1.82) is 0 Å². The number of carbonyl (C=O) groups is 1. The van der Waals surface area contributed by atoms with E-state index in [-0.39, 0.29) is 22.8 Å². The molecule has 5 rings (SSSR count). The van der Waals surface area contributed by atoms with Gasteiger partial charge in [0.2, 0.25) is 11.5 Å². The molecule has 0 fully saturated rings. The molecule has 2 aromatic carbocycles. The summed E-state index contributed by atoms with van der Waals surface area (Å²) in [5.74, 6) is 1.45. The molecule has 3 aromatic heterocycles. The number of fused-ring (bicyclic) bond motifs is 2. The van der Waals surface area contributed by atoms with Gasteiger partial charge >= 0.3 is 0 Å². The number of rotatable bonds is 9. The summed E-state index contributed by atoms with van der Waals surface area (Å²) < 4.78 is 13.7. The maximum Gasteiger partial charge on any atom is 0.278 e. The summed E-state index contributed by atoms with van der Waals surface area (Å²) in [6.07, 6.45) is 2.92. The van der Waals surface area contributed by atoms with E-state index >= 15 is 0 Å². The Labute approximate surface area is 225 Å². The zero-order chi connectivity index (χ0) is 27.4. The number of hydrogen-bond donors (Lipinski definition) is 2. The van der Waals surface area contributed by atoms with Crippen LogP contribution in [0.25, 0.3) is 16.7 Å². The van der Waals surface area contributed by atoms with Crippen molar-refractivity contribution >= 4 is 28.4 Å². The number of aryl methyl sites for hydroxylation is 2. The second-order valence-electron chi connectivity index (χ2n) is 9.13. The minimum atomic E-state index is -0.348. The van der Waals surface area contributed by atoms with Gasteiger partial charge in [-0.05, 0) is 60.0 Å². The van der Waals surface area contributed by atoms with Crippen LogP contribution in [0, 0.1) is 0 Å². The van der Waals surface area contributed by atoms with Gasteiger partial charge in [0.1, 0.15) is 22.4 Å². The first-order chi connectivity index (χ1) is 19.0. The number of nitrogens with one attached hydrogen (secondary N) is 1. The van der Waals surface area contributed by atoms with Gasteiger partial charge in [-0.25, -0.2) is 4.57 Å². The Morgan fingerprint density at radius 2 is 1.59 bits per heavy atom. The SMILES string of the molecule is COc1ccc(CCNC(=O)c2cc3c(=O)n4ccccc4nc3[n+](CCc3ccc(OC)cc3)c2N)cc1. The van der Waals surface area contributed by atoms with Gasteiger partial charge in [0.15, 0.2) is 0 Å². The number of nitrogens with two attached hydrogens (primary N) is 1. The summed E-state index contributed by atoms with van der Waals surface area (Å²) in [6.45, 7) is 0.834. The number of hydrogen-bond acceptors (Lipinski definition) is 6. The van der Waals surface area contributed by atoms with Crippen LogP contribution in [0.1, 0.15) is 21.5 Å². The van der Waals surface area contributed by atoms with Gasteiger partial charge in [0, 0.05) is 19.2 Å². The molecule has 39 heavy (non-hydrogen) atoms. The predicted molar refractivity (Wildman–Crippen MR) is 149 cm³/mol. The van der Waals surface area contributed by atoms with Crippen molar-refractivity contribution in [2.75, 3.05) is 26.5 Å². The number of aromatic nitrogens is 3. The van der Waals surface area contributed by atoms with E-state index in [1.54, 1.807) is 43.2 Å². The molecular weight excluding hydrogens is 494 g/mol. The second kappa shape index (κ2) is 11.2. The molecule has 3 heterocycles. The van der Waals surface area contributed by atoms with Crippen molar-refractivity contribution in [3.63, 3.8) is 0 Å². The molecule has 0 saturated heterocycles. The van der Waals surface area contributed by atoms with E-state index in [1.807, 2.05) is 54.6 Å². The number of pyridine rings is 2. The highest BCUT2D eigenvalue weighted by Gasteiger charge is 2.24. The highest BCUT2D eigenvalue weighted by molar-refractivity contribution is 6.00. The molecule has 0 unspecified atom stereocenters. The standard InChI is InChI=1S/C30H29N5O4/c1-38-22-10-6-20(7-11-22)14-16-32-29(36)24-19-25-28(33-26-5-3-4-17-34(26)30(25)37)35(27(24)31)18-15-21-8-12-23(39-2)13-9-21/h3-13,17,19,31H,14-16,18H2,1-2H3,(H,32,36)/p+1. The van der Waals surface area contributed by atoms with Gasteiger partial charge < -0.3 is 20.5 Å². The first-order valence-electron chi connectivity index (χ1n) is 12.7. The predicted octanol–water partition coefficient (Wildman–Crippen LogP) is 2.95. The number of carbonyl (C=O) groups excluding carboxylic acids is 1. The lowest BCUT2D eigenvalue weighted by atomic mass is 10.1. The van der Waals surface area contributed by atoms with E-state index in [0.717, 1.165) is 22.6 Å². The first-order valence-corrected chi connectivity index (χ1v) is 12.7. The van der Waals surface area contributed by atoms with Gasteiger partial charge in [0.05, 0.1) is 20.8 Å². The molecule has 0 aliphatic carbocycles. The first kappa shape index (κ1) is 25.7. The second-order valence-corrected chi connectivity index (χ2v) is 9.13. The van der Waals surface area contributed by atoms with Crippen LogP contribution >= 0.6 is 0 Å². The van der Waals surface area contributed by atoms with Crippen LogP contribution in [-0.2, 0) is 19.4 Å². The van der Waals surface area contributed by atoms with E-state index in [9.17, 15) is 9.59 Å². The van der Waals surface area contributed by atoms with E-state index in [2.05, 4.69) is 5.32 Å². The fourth-order valence-corrected chi connectivity index (χ4v) is 4.55. The minimum absolute atomic E-state index is 0.238. The lowest BCUT2D eigenvalue weighted by Crippen LogP contribution is -2.43. The lowest BCUT2D eigenvalue weighted by Gasteiger charge is -2.13. The molecule has 9 nitrogen and oxygen atoms in total. The van der Waals surface area contributed by atoms with Crippen molar-refractivity contribution in [3.05, 3.63) is 106 Å². The van der Waals surface area contributed by atoms with Crippen LogP contribution in [0.2, 0.25) is 0 Å². The highest BCUT2D eigenvalue weighted by Crippen LogP contribution is 2.17. The normalized spacial score (nSPS) is 11.0. The third-order valence-corrected chi connectivity index (χ3v) is 6.75. The highest BCUT2D eigenvalue weighted by atomic mass is 16.5. The molecule has 0 atom stereocenters. The number of anilines is 1. The van der Waals surface area contributed by atoms with Crippen molar-refractivity contribution in [1.82, 2.24) is 14.7 Å². The van der Waals surface area contributed by atoms with E-state index in [1.165, 1.54) is 4.40 Å². The van der Waals surface area contributed by atoms with Crippen LogP contribution in [0.5, 0.6) is 11.5 Å². The van der Waals surface area contributed by atoms with Gasteiger partial charge in [-0.1, -0.05) is 35.3 Å². The molecule has 0 aliphatic heterocycles. The van der Waals surface area contributed by atoms with Gasteiger partial charge in [-0.2, -0.15) is 0 Å². The topological polar surface area (TPSA) is 112 Å². The largest absolute Gasteiger partial charge is 0.497 e. The molecule has 9 heteroatoms. The number of nitrogen functional groups attached to an aromatic ring is 1.